The van der Waals surface area contributed by atoms with E-state index in [1.165, 1.54) is 0 Å². The second kappa shape index (κ2) is 8.89. The van der Waals surface area contributed by atoms with Crippen LogP contribution in [-0.4, -0.2) is 50.3 Å². The summed E-state index contributed by atoms with van der Waals surface area (Å²) >= 11 is 0. The number of carboxylic acids is 1. The quantitative estimate of drug-likeness (QED) is 0.590. The van der Waals surface area contributed by atoms with Crippen LogP contribution in [0.4, 0.5) is 0 Å². The highest BCUT2D eigenvalue weighted by molar-refractivity contribution is 6.20. The number of aliphatic carboxylic acids is 1. The SMILES string of the molecule is COc1ccc(/C(=C/c2cccc(OCCN(C)C)c2)C(=O)O)cc1. The zero-order valence-electron chi connectivity index (χ0n) is 14.7. The second-order valence-corrected chi connectivity index (χ2v) is 5.82. The van der Waals surface area contributed by atoms with Crippen LogP contribution in [0.5, 0.6) is 11.5 Å². The third kappa shape index (κ3) is 5.65. The van der Waals surface area contributed by atoms with Crippen molar-refractivity contribution in [2.24, 2.45) is 0 Å². The van der Waals surface area contributed by atoms with Gasteiger partial charge in [0.05, 0.1) is 12.7 Å². The van der Waals surface area contributed by atoms with Gasteiger partial charge in [0.2, 0.25) is 0 Å². The van der Waals surface area contributed by atoms with Crippen molar-refractivity contribution in [1.82, 2.24) is 4.90 Å². The predicted octanol–water partition coefficient (Wildman–Crippen LogP) is 3.26. The molecule has 0 bridgehead atoms. The fourth-order valence-corrected chi connectivity index (χ4v) is 2.25. The minimum absolute atomic E-state index is 0.216. The van der Waals surface area contributed by atoms with E-state index in [1.54, 1.807) is 37.5 Å². The van der Waals surface area contributed by atoms with E-state index < -0.39 is 5.97 Å². The number of ether oxygens (including phenoxy) is 2. The molecule has 0 fully saturated rings. The molecule has 1 N–H and O–H groups in total. The van der Waals surface area contributed by atoms with E-state index in [0.29, 0.717) is 17.9 Å². The maximum absolute atomic E-state index is 11.7. The van der Waals surface area contributed by atoms with Crippen LogP contribution in [0.1, 0.15) is 11.1 Å². The molecular weight excluding hydrogens is 318 g/mol. The van der Waals surface area contributed by atoms with E-state index in [1.807, 2.05) is 43.3 Å². The molecule has 0 saturated heterocycles. The number of hydrogen-bond donors (Lipinski definition) is 1. The highest BCUT2D eigenvalue weighted by atomic mass is 16.5. The van der Waals surface area contributed by atoms with Gasteiger partial charge < -0.3 is 19.5 Å². The van der Waals surface area contributed by atoms with Gasteiger partial charge in [0.25, 0.3) is 0 Å². The van der Waals surface area contributed by atoms with E-state index in [-0.39, 0.29) is 5.57 Å². The fraction of sp³-hybridized carbons (Fsp3) is 0.250. The maximum Gasteiger partial charge on any atom is 0.336 e. The Morgan fingerprint density at radius 1 is 1.12 bits per heavy atom. The first-order valence-corrected chi connectivity index (χ1v) is 7.96. The molecule has 0 radical (unpaired) electrons. The molecule has 0 saturated carbocycles. The summed E-state index contributed by atoms with van der Waals surface area (Å²) in [5.41, 5.74) is 1.61. The third-order valence-corrected chi connectivity index (χ3v) is 3.61. The molecule has 0 spiro atoms. The summed E-state index contributed by atoms with van der Waals surface area (Å²) in [6, 6.07) is 14.4. The Hall–Kier alpha value is -2.79. The van der Waals surface area contributed by atoms with Crippen molar-refractivity contribution >= 4 is 17.6 Å². The van der Waals surface area contributed by atoms with Crippen LogP contribution in [0, 0.1) is 0 Å². The molecule has 0 aliphatic rings. The lowest BCUT2D eigenvalue weighted by Crippen LogP contribution is -2.19. The monoisotopic (exact) mass is 341 g/mol. The van der Waals surface area contributed by atoms with Crippen molar-refractivity contribution < 1.29 is 19.4 Å². The van der Waals surface area contributed by atoms with Crippen molar-refractivity contribution in [3.63, 3.8) is 0 Å². The summed E-state index contributed by atoms with van der Waals surface area (Å²) in [7, 11) is 5.54. The molecule has 0 aliphatic heterocycles. The average molecular weight is 341 g/mol. The van der Waals surface area contributed by atoms with Gasteiger partial charge in [-0.05, 0) is 55.6 Å². The van der Waals surface area contributed by atoms with Gasteiger partial charge in [-0.3, -0.25) is 0 Å². The van der Waals surface area contributed by atoms with E-state index in [0.717, 1.165) is 17.9 Å². The minimum Gasteiger partial charge on any atom is -0.497 e. The summed E-state index contributed by atoms with van der Waals surface area (Å²) in [6.07, 6.45) is 1.64. The van der Waals surface area contributed by atoms with Crippen molar-refractivity contribution in [2.45, 2.75) is 0 Å². The third-order valence-electron chi connectivity index (χ3n) is 3.61. The predicted molar refractivity (Wildman–Crippen MR) is 99.0 cm³/mol. The van der Waals surface area contributed by atoms with Gasteiger partial charge in [-0.1, -0.05) is 24.3 Å². The highest BCUT2D eigenvalue weighted by Crippen LogP contribution is 2.23. The van der Waals surface area contributed by atoms with Crippen LogP contribution in [0.2, 0.25) is 0 Å². The largest absolute Gasteiger partial charge is 0.497 e. The number of rotatable bonds is 8. The van der Waals surface area contributed by atoms with E-state index in [9.17, 15) is 9.90 Å². The van der Waals surface area contributed by atoms with E-state index >= 15 is 0 Å². The lowest BCUT2D eigenvalue weighted by atomic mass is 10.0. The van der Waals surface area contributed by atoms with Gasteiger partial charge in [-0.25, -0.2) is 4.79 Å². The van der Waals surface area contributed by atoms with Crippen molar-refractivity contribution in [3.8, 4) is 11.5 Å². The standard InChI is InChI=1S/C20H23NO4/c1-21(2)11-12-25-18-6-4-5-15(13-18)14-19(20(22)23)16-7-9-17(24-3)10-8-16/h4-10,13-14H,11-12H2,1-3H3,(H,22,23)/b19-14-. The lowest BCUT2D eigenvalue weighted by molar-refractivity contribution is -0.130. The van der Waals surface area contributed by atoms with Crippen molar-refractivity contribution in [2.75, 3.05) is 34.4 Å². The highest BCUT2D eigenvalue weighted by Gasteiger charge is 2.11. The molecule has 2 aromatic carbocycles. The van der Waals surface area contributed by atoms with Crippen LogP contribution >= 0.6 is 0 Å². The zero-order chi connectivity index (χ0) is 18.2. The molecule has 25 heavy (non-hydrogen) atoms. The minimum atomic E-state index is -0.982. The summed E-state index contributed by atoms with van der Waals surface area (Å²) < 4.78 is 10.8. The number of hydrogen-bond acceptors (Lipinski definition) is 4. The zero-order valence-corrected chi connectivity index (χ0v) is 14.7. The summed E-state index contributed by atoms with van der Waals surface area (Å²) in [4.78, 5) is 13.7. The topological polar surface area (TPSA) is 59.0 Å². The lowest BCUT2D eigenvalue weighted by Gasteiger charge is -2.11. The van der Waals surface area contributed by atoms with Gasteiger partial charge in [-0.15, -0.1) is 0 Å². The van der Waals surface area contributed by atoms with Crippen LogP contribution in [-0.2, 0) is 4.79 Å². The molecule has 2 aromatic rings. The van der Waals surface area contributed by atoms with Gasteiger partial charge in [0, 0.05) is 6.54 Å². The number of likely N-dealkylation sites (N-methyl/N-ethyl adjacent to an activating group) is 1. The second-order valence-electron chi connectivity index (χ2n) is 5.82. The van der Waals surface area contributed by atoms with Crippen molar-refractivity contribution in [3.05, 3.63) is 59.7 Å². The van der Waals surface area contributed by atoms with Gasteiger partial charge in [0.1, 0.15) is 18.1 Å². The molecule has 0 amide bonds. The Kier molecular flexibility index (Phi) is 6.60. The van der Waals surface area contributed by atoms with Gasteiger partial charge in [-0.2, -0.15) is 0 Å². The smallest absolute Gasteiger partial charge is 0.336 e. The first-order chi connectivity index (χ1) is 12.0. The number of benzene rings is 2. The van der Waals surface area contributed by atoms with Gasteiger partial charge >= 0.3 is 5.97 Å². The molecule has 5 heteroatoms. The summed E-state index contributed by atoms with van der Waals surface area (Å²) in [5.74, 6) is 0.420. The maximum atomic E-state index is 11.7. The summed E-state index contributed by atoms with van der Waals surface area (Å²) in [5, 5.41) is 9.55. The summed E-state index contributed by atoms with van der Waals surface area (Å²) in [6.45, 7) is 1.39. The Labute approximate surface area is 148 Å². The normalized spacial score (nSPS) is 11.4. The number of methoxy groups -OCH3 is 1. The van der Waals surface area contributed by atoms with Crippen LogP contribution in [0.3, 0.4) is 0 Å². The van der Waals surface area contributed by atoms with Crippen LogP contribution in [0.15, 0.2) is 48.5 Å². The number of nitrogens with zero attached hydrogens (tertiary/aromatic N) is 1. The number of carboxylic acid groups (broad SMARTS) is 1. The van der Waals surface area contributed by atoms with E-state index in [4.69, 9.17) is 9.47 Å². The molecule has 0 aliphatic carbocycles. The molecule has 0 atom stereocenters. The molecule has 5 nitrogen and oxygen atoms in total. The Morgan fingerprint density at radius 3 is 2.44 bits per heavy atom. The molecule has 2 rings (SSSR count). The Morgan fingerprint density at radius 2 is 1.84 bits per heavy atom. The molecule has 0 unspecified atom stereocenters. The first-order valence-electron chi connectivity index (χ1n) is 7.96. The fourth-order valence-electron chi connectivity index (χ4n) is 2.25. The first kappa shape index (κ1) is 18.5. The molecular formula is C20H23NO4. The number of carbonyl (C=O) groups is 1. The molecule has 0 aromatic heterocycles. The average Bonchev–Trinajstić information content (AvgIpc) is 2.60. The van der Waals surface area contributed by atoms with Crippen LogP contribution < -0.4 is 9.47 Å². The molecule has 0 heterocycles. The van der Waals surface area contributed by atoms with E-state index in [2.05, 4.69) is 0 Å². The molecule has 132 valence electrons. The Balaban J connectivity index is 2.23. The van der Waals surface area contributed by atoms with Crippen LogP contribution in [0.25, 0.3) is 11.6 Å². The Bertz CT molecular complexity index is 736. The van der Waals surface area contributed by atoms with Gasteiger partial charge in [0.15, 0.2) is 0 Å². The van der Waals surface area contributed by atoms with Crippen molar-refractivity contribution in [1.29, 1.82) is 0 Å².